The van der Waals surface area contributed by atoms with Crippen molar-refractivity contribution in [2.45, 2.75) is 6.42 Å². The van der Waals surface area contributed by atoms with Gasteiger partial charge in [0.1, 0.15) is 0 Å². The summed E-state index contributed by atoms with van der Waals surface area (Å²) in [5.41, 5.74) is 0. The van der Waals surface area contributed by atoms with Crippen molar-refractivity contribution in [1.29, 1.82) is 0 Å². The van der Waals surface area contributed by atoms with E-state index in [9.17, 15) is 4.57 Å². The molecule has 0 aliphatic carbocycles. The highest BCUT2D eigenvalue weighted by Crippen LogP contribution is 2.36. The normalized spacial score (nSPS) is 11.9. The van der Waals surface area contributed by atoms with Crippen LogP contribution in [0.25, 0.3) is 0 Å². The molecule has 0 aromatic heterocycles. The molecule has 0 spiro atoms. The van der Waals surface area contributed by atoms with Gasteiger partial charge in [0.2, 0.25) is 0 Å². The van der Waals surface area contributed by atoms with Gasteiger partial charge in [-0.2, -0.15) is 0 Å². The molecule has 0 heterocycles. The molecule has 0 saturated heterocycles. The number of aliphatic hydroxyl groups is 1. The van der Waals surface area contributed by atoms with Gasteiger partial charge in [0.05, 0.1) is 6.61 Å². The molecule has 92 valence electrons. The number of nitrogens with one attached hydrogen (secondary N) is 2. The SMILES string of the molecule is O=P(NCCCl)(NCCCl)OCCCO. The highest BCUT2D eigenvalue weighted by Gasteiger charge is 2.20. The summed E-state index contributed by atoms with van der Waals surface area (Å²) in [7, 11) is -3.06. The second-order valence-electron chi connectivity index (χ2n) is 2.66. The van der Waals surface area contributed by atoms with Gasteiger partial charge in [0, 0.05) is 31.5 Å². The fraction of sp³-hybridized carbons (Fsp3) is 1.00. The molecule has 0 aromatic carbocycles. The second kappa shape index (κ2) is 9.85. The Morgan fingerprint density at radius 2 is 1.73 bits per heavy atom. The van der Waals surface area contributed by atoms with Crippen LogP contribution in [-0.4, -0.2) is 43.2 Å². The van der Waals surface area contributed by atoms with Crippen LogP contribution in [0.4, 0.5) is 0 Å². The molecule has 0 amide bonds. The van der Waals surface area contributed by atoms with Crippen LogP contribution in [0.3, 0.4) is 0 Å². The highest BCUT2D eigenvalue weighted by atomic mass is 35.5. The van der Waals surface area contributed by atoms with Crippen molar-refractivity contribution >= 4 is 30.9 Å². The van der Waals surface area contributed by atoms with Crippen LogP contribution in [0, 0.1) is 0 Å². The molecule has 0 bridgehead atoms. The number of hydrogen-bond acceptors (Lipinski definition) is 3. The Kier molecular flexibility index (Phi) is 10.3. The minimum absolute atomic E-state index is 0.00497. The highest BCUT2D eigenvalue weighted by molar-refractivity contribution is 7.54. The van der Waals surface area contributed by atoms with Gasteiger partial charge in [-0.15, -0.1) is 23.2 Å². The van der Waals surface area contributed by atoms with E-state index in [1.807, 2.05) is 0 Å². The van der Waals surface area contributed by atoms with E-state index >= 15 is 0 Å². The Morgan fingerprint density at radius 1 is 1.20 bits per heavy atom. The summed E-state index contributed by atoms with van der Waals surface area (Å²) in [5.74, 6) is 0.686. The lowest BCUT2D eigenvalue weighted by atomic mass is 10.5. The van der Waals surface area contributed by atoms with E-state index in [0.29, 0.717) is 31.3 Å². The van der Waals surface area contributed by atoms with E-state index in [0.717, 1.165) is 0 Å². The van der Waals surface area contributed by atoms with Crippen LogP contribution in [0.1, 0.15) is 6.42 Å². The molecule has 0 fully saturated rings. The third kappa shape index (κ3) is 8.46. The van der Waals surface area contributed by atoms with Crippen LogP contribution in [0.15, 0.2) is 0 Å². The van der Waals surface area contributed by atoms with E-state index in [1.54, 1.807) is 0 Å². The zero-order chi connectivity index (χ0) is 11.6. The molecule has 0 unspecified atom stereocenters. The van der Waals surface area contributed by atoms with Crippen molar-refractivity contribution in [1.82, 2.24) is 10.2 Å². The van der Waals surface area contributed by atoms with E-state index in [4.69, 9.17) is 32.8 Å². The summed E-state index contributed by atoms with van der Waals surface area (Å²) in [5, 5.41) is 13.9. The number of hydrogen-bond donors (Lipinski definition) is 3. The number of rotatable bonds is 10. The number of aliphatic hydroxyl groups excluding tert-OH is 1. The van der Waals surface area contributed by atoms with Crippen LogP contribution in [0.5, 0.6) is 0 Å². The second-order valence-corrected chi connectivity index (χ2v) is 5.41. The lowest BCUT2D eigenvalue weighted by Crippen LogP contribution is -2.27. The maximum Gasteiger partial charge on any atom is 0.340 e. The Morgan fingerprint density at radius 3 is 2.13 bits per heavy atom. The van der Waals surface area contributed by atoms with E-state index < -0.39 is 7.67 Å². The maximum atomic E-state index is 12.0. The van der Waals surface area contributed by atoms with Crippen LogP contribution < -0.4 is 10.2 Å². The molecule has 8 heteroatoms. The summed E-state index contributed by atoms with van der Waals surface area (Å²) in [6.07, 6.45) is 0.440. The summed E-state index contributed by atoms with van der Waals surface area (Å²) < 4.78 is 17.1. The lowest BCUT2D eigenvalue weighted by molar-refractivity contribution is 0.229. The van der Waals surface area contributed by atoms with Gasteiger partial charge in [0.15, 0.2) is 0 Å². The summed E-state index contributed by atoms with van der Waals surface area (Å²) in [6, 6.07) is 0. The summed E-state index contributed by atoms with van der Waals surface area (Å²) in [4.78, 5) is 0. The lowest BCUT2D eigenvalue weighted by Gasteiger charge is -2.19. The molecular weight excluding hydrogens is 262 g/mol. The molecule has 0 rings (SSSR count). The first-order valence-electron chi connectivity index (χ1n) is 4.66. The largest absolute Gasteiger partial charge is 0.396 e. The zero-order valence-corrected chi connectivity index (χ0v) is 10.8. The first-order chi connectivity index (χ1) is 7.18. The van der Waals surface area contributed by atoms with Gasteiger partial charge in [0.25, 0.3) is 0 Å². The molecule has 0 aromatic rings. The Labute approximate surface area is 100 Å². The van der Waals surface area contributed by atoms with Gasteiger partial charge in [-0.1, -0.05) is 0 Å². The Balaban J connectivity index is 3.96. The predicted molar refractivity (Wildman–Crippen MR) is 62.7 cm³/mol. The van der Waals surface area contributed by atoms with Crippen molar-refractivity contribution in [3.63, 3.8) is 0 Å². The molecule has 0 saturated carbocycles. The quantitative estimate of drug-likeness (QED) is 0.318. The standard InChI is InChI=1S/C7H17Cl2N2O3P/c8-2-4-10-15(13,11-5-3-9)14-7-1-6-12/h12H,1-7H2,(H2,10,11,13). The van der Waals surface area contributed by atoms with Crippen molar-refractivity contribution in [2.24, 2.45) is 0 Å². The molecule has 5 nitrogen and oxygen atoms in total. The summed E-state index contributed by atoms with van der Waals surface area (Å²) >= 11 is 10.9. The van der Waals surface area contributed by atoms with E-state index in [1.165, 1.54) is 0 Å². The fourth-order valence-corrected chi connectivity index (χ4v) is 2.73. The molecule has 0 aliphatic heterocycles. The van der Waals surface area contributed by atoms with Gasteiger partial charge in [-0.3, -0.25) is 4.57 Å². The van der Waals surface area contributed by atoms with Gasteiger partial charge >= 0.3 is 7.67 Å². The minimum Gasteiger partial charge on any atom is -0.396 e. The molecule has 0 aliphatic rings. The van der Waals surface area contributed by atoms with Gasteiger partial charge in [-0.05, 0) is 6.42 Å². The zero-order valence-electron chi connectivity index (χ0n) is 8.42. The van der Waals surface area contributed by atoms with Crippen molar-refractivity contribution in [2.75, 3.05) is 38.1 Å². The smallest absolute Gasteiger partial charge is 0.340 e. The number of halogens is 2. The van der Waals surface area contributed by atoms with Crippen molar-refractivity contribution in [3.8, 4) is 0 Å². The molecular formula is C7H17Cl2N2O3P. The van der Waals surface area contributed by atoms with Crippen LogP contribution in [0.2, 0.25) is 0 Å². The van der Waals surface area contributed by atoms with Crippen LogP contribution in [-0.2, 0) is 9.09 Å². The Hall–Kier alpha value is 0.650. The molecule has 0 radical (unpaired) electrons. The predicted octanol–water partition coefficient (Wildman–Crippen LogP) is 1.15. The van der Waals surface area contributed by atoms with Gasteiger partial charge in [-0.25, -0.2) is 10.2 Å². The molecule has 3 N–H and O–H groups in total. The van der Waals surface area contributed by atoms with E-state index in [-0.39, 0.29) is 13.2 Å². The molecule has 15 heavy (non-hydrogen) atoms. The average Bonchev–Trinajstić information content (AvgIpc) is 2.24. The maximum absolute atomic E-state index is 12.0. The van der Waals surface area contributed by atoms with Crippen molar-refractivity contribution in [3.05, 3.63) is 0 Å². The first kappa shape index (κ1) is 15.7. The van der Waals surface area contributed by atoms with Crippen LogP contribution >= 0.6 is 30.9 Å². The number of alkyl halides is 2. The fourth-order valence-electron chi connectivity index (χ4n) is 0.784. The first-order valence-corrected chi connectivity index (χ1v) is 7.35. The third-order valence-corrected chi connectivity index (χ3v) is 3.61. The monoisotopic (exact) mass is 278 g/mol. The molecule has 0 atom stereocenters. The average molecular weight is 279 g/mol. The Bertz CT molecular complexity index is 185. The minimum atomic E-state index is -3.06. The van der Waals surface area contributed by atoms with E-state index in [2.05, 4.69) is 10.2 Å². The topological polar surface area (TPSA) is 70.6 Å². The van der Waals surface area contributed by atoms with Gasteiger partial charge < -0.3 is 9.63 Å². The van der Waals surface area contributed by atoms with Crippen molar-refractivity contribution < 1.29 is 14.2 Å². The summed E-state index contributed by atoms with van der Waals surface area (Å²) in [6.45, 7) is 0.990. The third-order valence-electron chi connectivity index (χ3n) is 1.40.